The Bertz CT molecular complexity index is 2130. The highest BCUT2D eigenvalue weighted by Gasteiger charge is 2.53. The molecule has 0 spiro atoms. The Morgan fingerprint density at radius 2 is 1.83 bits per heavy atom. The lowest BCUT2D eigenvalue weighted by Crippen LogP contribution is -2.61. The second-order valence-corrected chi connectivity index (χ2v) is 15.9. The maximum absolute atomic E-state index is 17.3. The number of fused-ring (bicyclic) bond motifs is 3. The molecule has 4 aliphatic rings. The second kappa shape index (κ2) is 13.2. The number of nitrogens with zero attached hydrogens (tertiary/aromatic N) is 5. The molecule has 2 saturated carbocycles. The number of aromatic nitrogens is 3. The molecule has 11 nitrogen and oxygen atoms in total. The lowest BCUT2D eigenvalue weighted by molar-refractivity contribution is -0.117. The van der Waals surface area contributed by atoms with E-state index in [1.807, 2.05) is 6.92 Å². The molecule has 2 saturated heterocycles. The number of phenolic OH excluding ortho intramolecular Hbond substituents is 1. The third-order valence-electron chi connectivity index (χ3n) is 11.8. The Balaban J connectivity index is 1.27. The molecule has 3 N–H and O–H groups in total. The predicted molar refractivity (Wildman–Crippen MR) is 195 cm³/mol. The number of anilines is 1. The van der Waals surface area contributed by atoms with Gasteiger partial charge in [-0.2, -0.15) is 9.97 Å². The molecule has 13 heteroatoms. The van der Waals surface area contributed by atoms with E-state index >= 15 is 8.78 Å². The summed E-state index contributed by atoms with van der Waals surface area (Å²) < 4.78 is 50.3. The quantitative estimate of drug-likeness (QED) is 0.213. The van der Waals surface area contributed by atoms with Crippen molar-refractivity contribution < 1.29 is 38.3 Å². The molecule has 2 aliphatic carbocycles. The summed E-state index contributed by atoms with van der Waals surface area (Å²) in [4.78, 5) is 18.5. The minimum atomic E-state index is -1.25. The molecule has 0 unspecified atom stereocenters. The van der Waals surface area contributed by atoms with Crippen molar-refractivity contribution in [2.24, 2.45) is 5.41 Å². The van der Waals surface area contributed by atoms with Gasteiger partial charge in [0.2, 0.25) is 5.88 Å². The van der Waals surface area contributed by atoms with E-state index in [2.05, 4.69) is 20.8 Å². The zero-order chi connectivity index (χ0) is 37.3. The number of likely N-dealkylation sites (tertiary alicyclic amines) is 1. The number of pyridine rings is 1. The number of hydrogen-bond donors (Lipinski definition) is 3. The molecule has 8 rings (SSSR count). The van der Waals surface area contributed by atoms with E-state index in [-0.39, 0.29) is 87.8 Å². The molecule has 0 amide bonds. The van der Waals surface area contributed by atoms with Gasteiger partial charge in [0.05, 0.1) is 44.6 Å². The number of hydrogen-bond acceptors (Lipinski definition) is 11. The molecule has 2 aromatic heterocycles. The maximum atomic E-state index is 17.3. The number of phenols is 1. The summed E-state index contributed by atoms with van der Waals surface area (Å²) in [6, 6.07) is 5.94. The Kier molecular flexibility index (Phi) is 8.88. The summed E-state index contributed by atoms with van der Waals surface area (Å²) in [6.07, 6.45) is 12.3. The first-order valence-corrected chi connectivity index (χ1v) is 18.4. The molecular weight excluding hydrogens is 684 g/mol. The van der Waals surface area contributed by atoms with Gasteiger partial charge in [-0.05, 0) is 82.5 Å². The highest BCUT2D eigenvalue weighted by atomic mass is 19.1. The average Bonchev–Trinajstić information content (AvgIpc) is 3.46. The number of benzene rings is 2. The van der Waals surface area contributed by atoms with E-state index in [1.165, 1.54) is 31.4 Å². The van der Waals surface area contributed by atoms with Gasteiger partial charge in [-0.25, -0.2) is 13.8 Å². The van der Waals surface area contributed by atoms with Crippen molar-refractivity contribution in [2.75, 3.05) is 51.5 Å². The second-order valence-electron chi connectivity index (χ2n) is 15.9. The first-order valence-electron chi connectivity index (χ1n) is 18.4. The normalized spacial score (nSPS) is 29.1. The number of rotatable bonds is 7. The van der Waals surface area contributed by atoms with Gasteiger partial charge >= 0.3 is 6.01 Å². The van der Waals surface area contributed by atoms with E-state index in [1.54, 1.807) is 11.8 Å². The summed E-state index contributed by atoms with van der Waals surface area (Å²) >= 11 is 0. The number of β-amino-alcohol motifs (C(OH)–C–C–N with tert-alkyl or cyclic N) is 1. The number of terminal acetylenes is 1. The van der Waals surface area contributed by atoms with E-state index in [0.29, 0.717) is 24.6 Å². The van der Waals surface area contributed by atoms with Crippen LogP contribution in [0.4, 0.5) is 14.6 Å². The van der Waals surface area contributed by atoms with Gasteiger partial charge < -0.3 is 34.4 Å². The molecule has 53 heavy (non-hydrogen) atoms. The van der Waals surface area contributed by atoms with Gasteiger partial charge in [0.1, 0.15) is 39.6 Å². The van der Waals surface area contributed by atoms with Crippen LogP contribution in [-0.2, 0) is 4.74 Å². The van der Waals surface area contributed by atoms with Gasteiger partial charge in [-0.15, -0.1) is 6.42 Å². The lowest BCUT2D eigenvalue weighted by atomic mass is 9.70. The van der Waals surface area contributed by atoms with Gasteiger partial charge in [-0.1, -0.05) is 18.4 Å². The van der Waals surface area contributed by atoms with Crippen LogP contribution in [0.1, 0.15) is 64.4 Å². The summed E-state index contributed by atoms with van der Waals surface area (Å²) in [5, 5.41) is 33.1. The summed E-state index contributed by atoms with van der Waals surface area (Å²) in [7, 11) is 1.39. The fourth-order valence-electron chi connectivity index (χ4n) is 9.43. The molecule has 2 aliphatic heterocycles. The molecule has 280 valence electrons. The van der Waals surface area contributed by atoms with Crippen molar-refractivity contribution in [3.05, 3.63) is 41.5 Å². The molecule has 0 bridgehead atoms. The largest absolute Gasteiger partial charge is 0.508 e. The molecule has 4 heterocycles. The lowest BCUT2D eigenvalue weighted by Gasteiger charge is -2.55. The minimum absolute atomic E-state index is 0.0216. The fraction of sp³-hybridized carbons (Fsp3) is 0.525. The van der Waals surface area contributed by atoms with Crippen LogP contribution in [0.3, 0.4) is 0 Å². The number of piperidine rings is 1. The molecule has 4 fully saturated rings. The third-order valence-corrected chi connectivity index (χ3v) is 11.8. The highest BCUT2D eigenvalue weighted by Crippen LogP contribution is 2.51. The Hall–Kier alpha value is -4.35. The van der Waals surface area contributed by atoms with Crippen LogP contribution < -0.4 is 14.4 Å². The number of ether oxygens (including phenoxy) is 3. The minimum Gasteiger partial charge on any atom is -0.508 e. The zero-order valence-corrected chi connectivity index (χ0v) is 30.3. The van der Waals surface area contributed by atoms with Crippen LogP contribution in [0.25, 0.3) is 32.9 Å². The van der Waals surface area contributed by atoms with E-state index in [4.69, 9.17) is 25.6 Å². The van der Waals surface area contributed by atoms with Crippen LogP contribution in [-0.4, -0.2) is 105 Å². The first-order chi connectivity index (χ1) is 25.3. The summed E-state index contributed by atoms with van der Waals surface area (Å²) in [5.74, 6) is 0.862. The molecular formula is C40H45F2N5O6. The number of halogens is 2. The fourth-order valence-corrected chi connectivity index (χ4v) is 9.43. The van der Waals surface area contributed by atoms with Crippen molar-refractivity contribution in [2.45, 2.75) is 82.1 Å². The van der Waals surface area contributed by atoms with Crippen molar-refractivity contribution in [1.29, 1.82) is 0 Å². The predicted octanol–water partition coefficient (Wildman–Crippen LogP) is 5.33. The van der Waals surface area contributed by atoms with E-state index < -0.39 is 22.8 Å². The Labute approximate surface area is 306 Å². The van der Waals surface area contributed by atoms with Crippen molar-refractivity contribution in [3.8, 4) is 41.2 Å². The van der Waals surface area contributed by atoms with Crippen molar-refractivity contribution >= 4 is 27.5 Å². The highest BCUT2D eigenvalue weighted by molar-refractivity contribution is 6.04. The SMILES string of the molecule is C#Cc1c(F)ccc2cc(O)cc(-c3nc(OC)c4c(N5CCOC[C@@](C)(O)C5)nc(OC[C@]56CCC[C@H]5N(C5CC(C)(O)C5)CCC6)nc4c3F)c12. The van der Waals surface area contributed by atoms with Gasteiger partial charge in [-0.3, -0.25) is 4.90 Å². The molecule has 2 aromatic carbocycles. The molecule has 3 atom stereocenters. The summed E-state index contributed by atoms with van der Waals surface area (Å²) in [6.45, 7) is 5.66. The van der Waals surface area contributed by atoms with Crippen LogP contribution in [0.5, 0.6) is 17.6 Å². The van der Waals surface area contributed by atoms with Crippen LogP contribution in [0.2, 0.25) is 0 Å². The summed E-state index contributed by atoms with van der Waals surface area (Å²) in [5.41, 5.74) is -2.50. The van der Waals surface area contributed by atoms with Gasteiger partial charge in [0, 0.05) is 35.0 Å². The zero-order valence-electron chi connectivity index (χ0n) is 30.3. The molecule has 0 radical (unpaired) electrons. The van der Waals surface area contributed by atoms with Crippen molar-refractivity contribution in [1.82, 2.24) is 19.9 Å². The smallest absolute Gasteiger partial charge is 0.319 e. The topological polar surface area (TPSA) is 134 Å². The monoisotopic (exact) mass is 729 g/mol. The van der Waals surface area contributed by atoms with Crippen molar-refractivity contribution in [3.63, 3.8) is 0 Å². The third kappa shape index (κ3) is 6.29. The number of aromatic hydroxyl groups is 1. The van der Waals surface area contributed by atoms with E-state index in [0.717, 1.165) is 51.5 Å². The van der Waals surface area contributed by atoms with Crippen LogP contribution in [0, 0.1) is 29.4 Å². The first kappa shape index (κ1) is 35.7. The number of aliphatic hydroxyl groups is 2. The van der Waals surface area contributed by atoms with Gasteiger partial charge in [0.15, 0.2) is 5.82 Å². The Morgan fingerprint density at radius 3 is 2.58 bits per heavy atom. The average molecular weight is 730 g/mol. The van der Waals surface area contributed by atoms with Crippen LogP contribution >= 0.6 is 0 Å². The van der Waals surface area contributed by atoms with E-state index in [9.17, 15) is 15.3 Å². The number of methoxy groups -OCH3 is 1. The molecule has 4 aromatic rings. The van der Waals surface area contributed by atoms with Gasteiger partial charge in [0.25, 0.3) is 0 Å². The standard InChI is InChI=1S/C40H45F2N5O6/c1-5-26-28(41)10-9-23-16-25(48)17-27(30(23)26)33-32(42)34-31(36(43-33)51-4)35(46-14-15-52-21-39(3,50)20-46)45-37(44-34)53-22-40-11-6-8-29(40)47(13-7-12-40)24-18-38(2,49)19-24/h1,9-10,16-17,24,29,48-50H,6-8,11-15,18-22H2,2-4H3/t24?,29-,38?,39+,40-/m1/s1. The Morgan fingerprint density at radius 1 is 1.04 bits per heavy atom. The maximum Gasteiger partial charge on any atom is 0.319 e. The van der Waals surface area contributed by atoms with Crippen LogP contribution in [0.15, 0.2) is 24.3 Å².